The molecule has 0 aromatic heterocycles. The first-order valence-electron chi connectivity index (χ1n) is 8.07. The molecule has 3 amide bonds. The molecule has 0 radical (unpaired) electrons. The minimum absolute atomic E-state index is 0.145. The van der Waals surface area contributed by atoms with E-state index in [2.05, 4.69) is 5.32 Å². The number of alkyl halides is 3. The number of carbonyl (C=O) groups excluding carboxylic acids is 2. The van der Waals surface area contributed by atoms with Gasteiger partial charge >= 0.3 is 12.2 Å². The standard InChI is InChI=1S/C18H14F3N3O4/c1-17(12-5-7-14(8-6-12)24(27)28)15(25)23(16(26)22-17)10-11-3-2-4-13(9-11)18(19,20)21/h2-9H,10H2,1H3,(H,22,26)/t17-/m0/s1. The van der Waals surface area contributed by atoms with Crippen LogP contribution in [0.1, 0.15) is 23.6 Å². The van der Waals surface area contributed by atoms with Crippen molar-refractivity contribution in [2.24, 2.45) is 0 Å². The molecule has 0 bridgehead atoms. The highest BCUT2D eigenvalue weighted by Crippen LogP contribution is 2.32. The number of nitro benzene ring substituents is 1. The number of nitro groups is 1. The van der Waals surface area contributed by atoms with E-state index in [9.17, 15) is 32.9 Å². The van der Waals surface area contributed by atoms with E-state index in [-0.39, 0.29) is 17.8 Å². The highest BCUT2D eigenvalue weighted by molar-refractivity contribution is 6.07. The zero-order chi connectivity index (χ0) is 20.7. The van der Waals surface area contributed by atoms with Crippen LogP contribution in [0.5, 0.6) is 0 Å². The Morgan fingerprint density at radius 2 is 1.79 bits per heavy atom. The van der Waals surface area contributed by atoms with Crippen molar-refractivity contribution in [3.63, 3.8) is 0 Å². The number of rotatable bonds is 4. The Morgan fingerprint density at radius 3 is 2.36 bits per heavy atom. The zero-order valence-electron chi connectivity index (χ0n) is 14.5. The Balaban J connectivity index is 1.86. The van der Waals surface area contributed by atoms with Crippen molar-refractivity contribution in [1.82, 2.24) is 10.2 Å². The maximum atomic E-state index is 12.9. The number of non-ortho nitro benzene ring substituents is 1. The van der Waals surface area contributed by atoms with Gasteiger partial charge in [-0.25, -0.2) is 4.79 Å². The fourth-order valence-electron chi connectivity index (χ4n) is 2.98. The first kappa shape index (κ1) is 19.3. The molecule has 1 atom stereocenters. The number of amides is 3. The molecule has 1 heterocycles. The first-order valence-corrected chi connectivity index (χ1v) is 8.07. The van der Waals surface area contributed by atoms with E-state index in [0.29, 0.717) is 5.56 Å². The molecule has 1 N–H and O–H groups in total. The third kappa shape index (κ3) is 3.40. The first-order chi connectivity index (χ1) is 13.0. The fourth-order valence-corrected chi connectivity index (χ4v) is 2.98. The van der Waals surface area contributed by atoms with Crippen LogP contribution in [-0.2, 0) is 23.1 Å². The van der Waals surface area contributed by atoms with Crippen molar-refractivity contribution >= 4 is 17.6 Å². The van der Waals surface area contributed by atoms with Crippen LogP contribution in [0.2, 0.25) is 0 Å². The number of nitrogens with zero attached hydrogens (tertiary/aromatic N) is 2. The van der Waals surface area contributed by atoms with Gasteiger partial charge in [0.2, 0.25) is 0 Å². The van der Waals surface area contributed by atoms with Gasteiger partial charge in [-0.2, -0.15) is 13.2 Å². The van der Waals surface area contributed by atoms with Crippen molar-refractivity contribution in [2.75, 3.05) is 0 Å². The highest BCUT2D eigenvalue weighted by atomic mass is 19.4. The lowest BCUT2D eigenvalue weighted by molar-refractivity contribution is -0.384. The third-order valence-corrected chi connectivity index (χ3v) is 4.53. The second-order valence-corrected chi connectivity index (χ2v) is 6.45. The summed E-state index contributed by atoms with van der Waals surface area (Å²) in [5.41, 5.74) is -2.07. The van der Waals surface area contributed by atoms with Crippen molar-refractivity contribution in [3.05, 3.63) is 75.3 Å². The van der Waals surface area contributed by atoms with Crippen LogP contribution in [0.25, 0.3) is 0 Å². The summed E-state index contributed by atoms with van der Waals surface area (Å²) in [6, 6.07) is 8.71. The van der Waals surface area contributed by atoms with Crippen LogP contribution >= 0.6 is 0 Å². The molecule has 146 valence electrons. The third-order valence-electron chi connectivity index (χ3n) is 4.53. The van der Waals surface area contributed by atoms with Crippen LogP contribution in [0.15, 0.2) is 48.5 Å². The summed E-state index contributed by atoms with van der Waals surface area (Å²) in [6.07, 6.45) is -4.54. The highest BCUT2D eigenvalue weighted by Gasteiger charge is 2.49. The number of urea groups is 1. The Labute approximate surface area is 156 Å². The van der Waals surface area contributed by atoms with Gasteiger partial charge in [0.25, 0.3) is 11.6 Å². The van der Waals surface area contributed by atoms with E-state index in [1.165, 1.54) is 43.3 Å². The summed E-state index contributed by atoms with van der Waals surface area (Å²) in [6.45, 7) is 1.09. The molecule has 0 unspecified atom stereocenters. The lowest BCUT2D eigenvalue weighted by atomic mass is 9.92. The van der Waals surface area contributed by atoms with Crippen LogP contribution in [0, 0.1) is 10.1 Å². The molecule has 0 spiro atoms. The second-order valence-electron chi connectivity index (χ2n) is 6.45. The topological polar surface area (TPSA) is 92.6 Å². The van der Waals surface area contributed by atoms with Gasteiger partial charge in [-0.15, -0.1) is 0 Å². The average molecular weight is 393 g/mol. The molecule has 2 aromatic rings. The number of nitrogens with one attached hydrogen (secondary N) is 1. The minimum atomic E-state index is -4.54. The Bertz CT molecular complexity index is 959. The van der Waals surface area contributed by atoms with Gasteiger partial charge in [-0.3, -0.25) is 19.8 Å². The molecular weight excluding hydrogens is 379 g/mol. The summed E-state index contributed by atoms with van der Waals surface area (Å²) in [7, 11) is 0. The molecule has 10 heteroatoms. The van der Waals surface area contributed by atoms with Crippen molar-refractivity contribution in [3.8, 4) is 0 Å². The smallest absolute Gasteiger partial charge is 0.319 e. The molecule has 2 aromatic carbocycles. The van der Waals surface area contributed by atoms with E-state index in [0.717, 1.165) is 17.0 Å². The molecule has 3 rings (SSSR count). The number of benzene rings is 2. The van der Waals surface area contributed by atoms with Gasteiger partial charge in [-0.05, 0) is 42.3 Å². The number of imide groups is 1. The Hall–Kier alpha value is -3.43. The monoisotopic (exact) mass is 393 g/mol. The maximum absolute atomic E-state index is 12.9. The van der Waals surface area contributed by atoms with Crippen molar-refractivity contribution in [1.29, 1.82) is 0 Å². The lowest BCUT2D eigenvalue weighted by Gasteiger charge is -2.22. The minimum Gasteiger partial charge on any atom is -0.319 e. The lowest BCUT2D eigenvalue weighted by Crippen LogP contribution is -2.40. The SMILES string of the molecule is C[C@@]1(c2ccc([N+](=O)[O-])cc2)NC(=O)N(Cc2cccc(C(F)(F)F)c2)C1=O. The van der Waals surface area contributed by atoms with Crippen LogP contribution in [-0.4, -0.2) is 21.8 Å². The molecular formula is C18H14F3N3O4. The largest absolute Gasteiger partial charge is 0.416 e. The van der Waals surface area contributed by atoms with Gasteiger partial charge in [0.1, 0.15) is 5.54 Å². The second kappa shape index (κ2) is 6.63. The zero-order valence-corrected chi connectivity index (χ0v) is 14.5. The van der Waals surface area contributed by atoms with Crippen molar-refractivity contribution in [2.45, 2.75) is 25.2 Å². The molecule has 7 nitrogen and oxygen atoms in total. The quantitative estimate of drug-likeness (QED) is 0.488. The molecule has 1 fully saturated rings. The Kier molecular flexibility index (Phi) is 4.58. The van der Waals surface area contributed by atoms with E-state index < -0.39 is 34.1 Å². The number of hydrogen-bond donors (Lipinski definition) is 1. The molecule has 1 aliphatic heterocycles. The van der Waals surface area contributed by atoms with Crippen LogP contribution in [0.3, 0.4) is 0 Å². The van der Waals surface area contributed by atoms with E-state index in [1.807, 2.05) is 0 Å². The molecule has 28 heavy (non-hydrogen) atoms. The van der Waals surface area contributed by atoms with Gasteiger partial charge in [-0.1, -0.05) is 12.1 Å². The summed E-state index contributed by atoms with van der Waals surface area (Å²) in [5, 5.41) is 13.3. The predicted octanol–water partition coefficient (Wildman–Crippen LogP) is 3.58. The summed E-state index contributed by atoms with van der Waals surface area (Å²) in [5.74, 6) is -0.663. The number of hydrogen-bond acceptors (Lipinski definition) is 4. The van der Waals surface area contributed by atoms with E-state index in [4.69, 9.17) is 0 Å². The number of halogens is 3. The van der Waals surface area contributed by atoms with Gasteiger partial charge in [0, 0.05) is 12.1 Å². The van der Waals surface area contributed by atoms with E-state index in [1.54, 1.807) is 0 Å². The maximum Gasteiger partial charge on any atom is 0.416 e. The number of carbonyl (C=O) groups is 2. The molecule has 1 aliphatic rings. The fraction of sp³-hybridized carbons (Fsp3) is 0.222. The van der Waals surface area contributed by atoms with E-state index >= 15 is 0 Å². The normalized spacial score (nSPS) is 19.6. The molecule has 0 saturated carbocycles. The van der Waals surface area contributed by atoms with Crippen LogP contribution < -0.4 is 5.32 Å². The summed E-state index contributed by atoms with van der Waals surface area (Å²) >= 11 is 0. The molecule has 1 saturated heterocycles. The average Bonchev–Trinajstić information content (AvgIpc) is 2.85. The van der Waals surface area contributed by atoms with Gasteiger partial charge in [0.05, 0.1) is 17.0 Å². The van der Waals surface area contributed by atoms with Crippen LogP contribution in [0.4, 0.5) is 23.7 Å². The molecule has 0 aliphatic carbocycles. The predicted molar refractivity (Wildman–Crippen MR) is 91.0 cm³/mol. The van der Waals surface area contributed by atoms with Crippen molar-refractivity contribution < 1.29 is 27.7 Å². The summed E-state index contributed by atoms with van der Waals surface area (Å²) in [4.78, 5) is 36.1. The summed E-state index contributed by atoms with van der Waals surface area (Å²) < 4.78 is 38.6. The van der Waals surface area contributed by atoms with Gasteiger partial charge < -0.3 is 5.32 Å². The Morgan fingerprint density at radius 1 is 1.14 bits per heavy atom. The van der Waals surface area contributed by atoms with Gasteiger partial charge in [0.15, 0.2) is 0 Å².